The molecule has 0 spiro atoms. The monoisotopic (exact) mass is 406 g/mol. The molecule has 3 heterocycles. The molecule has 1 saturated heterocycles. The molecular formula is C19H17ClF2N4O2. The third-order valence-electron chi connectivity index (χ3n) is 4.82. The summed E-state index contributed by atoms with van der Waals surface area (Å²) in [4.78, 5) is 12.2. The van der Waals surface area contributed by atoms with Crippen LogP contribution >= 0.6 is 11.6 Å². The number of fused-ring (bicyclic) bond motifs is 1. The minimum Gasteiger partial charge on any atom is -0.493 e. The van der Waals surface area contributed by atoms with E-state index in [0.29, 0.717) is 17.3 Å². The molecule has 1 aliphatic heterocycles. The second-order valence-electron chi connectivity index (χ2n) is 6.86. The van der Waals surface area contributed by atoms with Crippen LogP contribution in [0.4, 0.5) is 20.3 Å². The highest BCUT2D eigenvalue weighted by molar-refractivity contribution is 6.28. The Morgan fingerprint density at radius 1 is 1.21 bits per heavy atom. The number of nitrogens with zero attached hydrogens (tertiary/aromatic N) is 3. The minimum absolute atomic E-state index is 0.00870. The number of anilines is 2. The van der Waals surface area contributed by atoms with E-state index in [1.807, 2.05) is 12.1 Å². The molecule has 0 atom stereocenters. The summed E-state index contributed by atoms with van der Waals surface area (Å²) in [5.74, 6) is -1.75. The number of benzene rings is 1. The molecule has 9 heteroatoms. The van der Waals surface area contributed by atoms with Crippen LogP contribution in [-0.4, -0.2) is 40.7 Å². The van der Waals surface area contributed by atoms with Crippen molar-refractivity contribution in [3.63, 3.8) is 0 Å². The van der Waals surface area contributed by atoms with Crippen LogP contribution in [0.5, 0.6) is 5.75 Å². The summed E-state index contributed by atoms with van der Waals surface area (Å²) in [5.41, 5.74) is -0.636. The average Bonchev–Trinajstić information content (AvgIpc) is 2.61. The van der Waals surface area contributed by atoms with E-state index in [9.17, 15) is 8.78 Å². The van der Waals surface area contributed by atoms with E-state index in [-0.39, 0.29) is 25.1 Å². The molecule has 3 aromatic rings. The largest absolute Gasteiger partial charge is 0.493 e. The maximum atomic E-state index is 13.9. The fourth-order valence-corrected chi connectivity index (χ4v) is 2.99. The Bertz CT molecular complexity index is 991. The molecule has 1 aliphatic rings. The lowest BCUT2D eigenvalue weighted by Crippen LogP contribution is -2.57. The number of hydrogen-bond acceptors (Lipinski definition) is 6. The fourth-order valence-electron chi connectivity index (χ4n) is 2.89. The molecule has 0 aliphatic carbocycles. The second-order valence-corrected chi connectivity index (χ2v) is 7.20. The van der Waals surface area contributed by atoms with E-state index in [4.69, 9.17) is 21.1 Å². The van der Waals surface area contributed by atoms with Gasteiger partial charge in [-0.2, -0.15) is 0 Å². The van der Waals surface area contributed by atoms with Crippen molar-refractivity contribution >= 4 is 33.9 Å². The van der Waals surface area contributed by atoms with Gasteiger partial charge in [-0.3, -0.25) is 0 Å². The van der Waals surface area contributed by atoms with E-state index >= 15 is 0 Å². The third kappa shape index (κ3) is 3.57. The lowest BCUT2D eigenvalue weighted by molar-refractivity contribution is -0.246. The average molecular weight is 407 g/mol. The van der Waals surface area contributed by atoms with Gasteiger partial charge in [-0.25, -0.2) is 23.7 Å². The molecule has 0 unspecified atom stereocenters. The molecule has 28 heavy (non-hydrogen) atoms. The first-order chi connectivity index (χ1) is 13.4. The van der Waals surface area contributed by atoms with E-state index in [1.165, 1.54) is 0 Å². The van der Waals surface area contributed by atoms with Crippen LogP contribution < -0.4 is 10.1 Å². The van der Waals surface area contributed by atoms with Crippen molar-refractivity contribution in [2.24, 2.45) is 5.41 Å². The lowest BCUT2D eigenvalue weighted by Gasteiger charge is -2.44. The van der Waals surface area contributed by atoms with Crippen molar-refractivity contribution in [3.8, 4) is 5.75 Å². The molecule has 4 rings (SSSR count). The first kappa shape index (κ1) is 18.8. The number of halogens is 3. The second kappa shape index (κ2) is 7.10. The number of rotatable bonds is 6. The normalized spacial score (nSPS) is 15.9. The van der Waals surface area contributed by atoms with Crippen molar-refractivity contribution in [1.29, 1.82) is 0 Å². The topological polar surface area (TPSA) is 69.2 Å². The van der Waals surface area contributed by atoms with Gasteiger partial charge >= 0.3 is 0 Å². The zero-order chi connectivity index (χ0) is 19.8. The molecule has 2 aromatic heterocycles. The Morgan fingerprint density at radius 3 is 2.61 bits per heavy atom. The Hall–Kier alpha value is -2.58. The van der Waals surface area contributed by atoms with Gasteiger partial charge in [0.15, 0.2) is 0 Å². The van der Waals surface area contributed by atoms with Gasteiger partial charge < -0.3 is 14.8 Å². The highest BCUT2D eigenvalue weighted by atomic mass is 35.5. The number of ether oxygens (including phenoxy) is 2. The van der Waals surface area contributed by atoms with E-state index in [1.54, 1.807) is 30.7 Å². The molecule has 0 bridgehead atoms. The van der Waals surface area contributed by atoms with Crippen molar-refractivity contribution in [1.82, 2.24) is 15.0 Å². The summed E-state index contributed by atoms with van der Waals surface area (Å²) in [6.07, 6.45) is 4.75. The molecular weight excluding hydrogens is 390 g/mol. The Morgan fingerprint density at radius 2 is 1.96 bits per heavy atom. The SMILES string of the molecule is CC(F)(F)C1(COc2ccc3c(Nc4cnc(Cl)nc4)nccc3c2)COC1. The highest BCUT2D eigenvalue weighted by Crippen LogP contribution is 2.43. The first-order valence-corrected chi connectivity index (χ1v) is 8.96. The van der Waals surface area contributed by atoms with Gasteiger partial charge in [0.25, 0.3) is 5.92 Å². The van der Waals surface area contributed by atoms with E-state index in [0.717, 1.165) is 17.7 Å². The smallest absolute Gasteiger partial charge is 0.258 e. The molecule has 0 saturated carbocycles. The molecule has 146 valence electrons. The van der Waals surface area contributed by atoms with E-state index < -0.39 is 11.3 Å². The summed E-state index contributed by atoms with van der Waals surface area (Å²) in [6, 6.07) is 7.17. The van der Waals surface area contributed by atoms with Crippen LogP contribution in [0.25, 0.3) is 10.8 Å². The van der Waals surface area contributed by atoms with Crippen LogP contribution in [0.1, 0.15) is 6.92 Å². The quantitative estimate of drug-likeness (QED) is 0.609. The summed E-state index contributed by atoms with van der Waals surface area (Å²) < 4.78 is 38.4. The minimum atomic E-state index is -2.87. The Labute approximate surface area is 164 Å². The fraction of sp³-hybridized carbons (Fsp3) is 0.316. The summed E-state index contributed by atoms with van der Waals surface area (Å²) in [6.45, 7) is 0.778. The number of hydrogen-bond donors (Lipinski definition) is 1. The van der Waals surface area contributed by atoms with Crippen molar-refractivity contribution < 1.29 is 18.3 Å². The standard InChI is InChI=1S/C19H17ClF2N4O2/c1-18(21,22)19(9-27-10-19)11-28-14-2-3-15-12(6-14)4-5-23-16(15)26-13-7-24-17(20)25-8-13/h2-8H,9-11H2,1H3,(H,23,26). The van der Waals surface area contributed by atoms with Crippen LogP contribution in [0.3, 0.4) is 0 Å². The maximum absolute atomic E-state index is 13.9. The van der Waals surface area contributed by atoms with Crippen LogP contribution in [0, 0.1) is 5.41 Å². The van der Waals surface area contributed by atoms with Crippen LogP contribution in [0.15, 0.2) is 42.9 Å². The third-order valence-corrected chi connectivity index (χ3v) is 5.02. The lowest BCUT2D eigenvalue weighted by atomic mass is 9.81. The molecule has 6 nitrogen and oxygen atoms in total. The van der Waals surface area contributed by atoms with Crippen LogP contribution in [0.2, 0.25) is 5.28 Å². The van der Waals surface area contributed by atoms with Gasteiger partial charge in [-0.1, -0.05) is 0 Å². The van der Waals surface area contributed by atoms with E-state index in [2.05, 4.69) is 20.3 Å². The molecule has 0 radical (unpaired) electrons. The molecule has 1 fully saturated rings. The maximum Gasteiger partial charge on any atom is 0.258 e. The van der Waals surface area contributed by atoms with Gasteiger partial charge in [-0.15, -0.1) is 0 Å². The van der Waals surface area contributed by atoms with Crippen molar-refractivity contribution in [3.05, 3.63) is 48.1 Å². The van der Waals surface area contributed by atoms with Crippen molar-refractivity contribution in [2.45, 2.75) is 12.8 Å². The van der Waals surface area contributed by atoms with Gasteiger partial charge in [-0.05, 0) is 41.3 Å². The van der Waals surface area contributed by atoms with Gasteiger partial charge in [0.1, 0.15) is 23.6 Å². The summed E-state index contributed by atoms with van der Waals surface area (Å²) in [5, 5.41) is 4.99. The van der Waals surface area contributed by atoms with Crippen LogP contribution in [-0.2, 0) is 4.74 Å². The molecule has 1 N–H and O–H groups in total. The van der Waals surface area contributed by atoms with Gasteiger partial charge in [0.05, 0.1) is 31.3 Å². The first-order valence-electron chi connectivity index (χ1n) is 8.58. The number of nitrogens with one attached hydrogen (secondary N) is 1. The zero-order valence-corrected chi connectivity index (χ0v) is 15.7. The Balaban J connectivity index is 1.54. The summed E-state index contributed by atoms with van der Waals surface area (Å²) >= 11 is 5.70. The number of pyridine rings is 1. The number of aromatic nitrogens is 3. The zero-order valence-electron chi connectivity index (χ0n) is 15.0. The van der Waals surface area contributed by atoms with Gasteiger partial charge in [0.2, 0.25) is 5.28 Å². The summed E-state index contributed by atoms with van der Waals surface area (Å²) in [7, 11) is 0. The Kier molecular flexibility index (Phi) is 4.76. The predicted molar refractivity (Wildman–Crippen MR) is 101 cm³/mol. The highest BCUT2D eigenvalue weighted by Gasteiger charge is 2.56. The molecule has 0 amide bonds. The molecule has 1 aromatic carbocycles. The van der Waals surface area contributed by atoms with Crippen molar-refractivity contribution in [2.75, 3.05) is 25.1 Å². The predicted octanol–water partition coefficient (Wildman–Crippen LogP) is 4.47. The van der Waals surface area contributed by atoms with Gasteiger partial charge in [0, 0.05) is 18.5 Å². The number of alkyl halides is 2.